The zero-order valence-corrected chi connectivity index (χ0v) is 9.53. The number of hydrogen-bond donors (Lipinski definition) is 0. The van der Waals surface area contributed by atoms with Gasteiger partial charge in [-0.05, 0) is 6.92 Å². The predicted octanol–water partition coefficient (Wildman–Crippen LogP) is 3.04. The third-order valence-electron chi connectivity index (χ3n) is 2.21. The number of nitrogens with zero attached hydrogens (tertiary/aromatic N) is 2. The van der Waals surface area contributed by atoms with Gasteiger partial charge in [0, 0.05) is 12.5 Å². The topological polar surface area (TPSA) is 17.8 Å². The molecule has 0 unspecified atom stereocenters. The molecule has 0 aliphatic rings. The van der Waals surface area contributed by atoms with Crippen LogP contribution < -0.4 is 0 Å². The van der Waals surface area contributed by atoms with Crippen molar-refractivity contribution in [3.05, 3.63) is 17.2 Å². The molecule has 0 atom stereocenters. The summed E-state index contributed by atoms with van der Waals surface area (Å²) in [4.78, 5) is 3.99. The van der Waals surface area contributed by atoms with Gasteiger partial charge in [-0.2, -0.15) is 13.2 Å². The van der Waals surface area contributed by atoms with Gasteiger partial charge in [-0.25, -0.2) is 4.98 Å². The fourth-order valence-corrected chi connectivity index (χ4v) is 1.70. The van der Waals surface area contributed by atoms with E-state index in [1.165, 1.54) is 14.0 Å². The number of aryl methyl sites for hydroxylation is 1. The Morgan fingerprint density at radius 1 is 1.13 bits per heavy atom. The highest BCUT2D eigenvalue weighted by Gasteiger charge is 2.38. The number of imidazole rings is 1. The molecule has 1 rings (SSSR count). The van der Waals surface area contributed by atoms with Crippen LogP contribution in [0.1, 0.15) is 38.0 Å². The lowest BCUT2D eigenvalue weighted by Gasteiger charge is -2.18. The maximum Gasteiger partial charge on any atom is 0.433 e. The standard InChI is InChI=1S/C10H15F3N2/c1-6-7(10(11,12)13)15(5)8(14-6)9(2,3)4/h1-5H3. The molecule has 0 aliphatic carbocycles. The summed E-state index contributed by atoms with van der Waals surface area (Å²) in [6.45, 7) is 6.91. The maximum atomic E-state index is 12.7. The van der Waals surface area contributed by atoms with Crippen LogP contribution in [0, 0.1) is 6.92 Å². The van der Waals surface area contributed by atoms with Crippen LogP contribution >= 0.6 is 0 Å². The lowest BCUT2D eigenvalue weighted by atomic mass is 9.96. The van der Waals surface area contributed by atoms with Crippen molar-refractivity contribution in [1.29, 1.82) is 0 Å². The molecule has 1 aromatic heterocycles. The third kappa shape index (κ3) is 2.16. The van der Waals surface area contributed by atoms with Gasteiger partial charge in [-0.15, -0.1) is 0 Å². The molecule has 0 amide bonds. The molecule has 0 aromatic carbocycles. The molecule has 1 aromatic rings. The number of rotatable bonds is 0. The van der Waals surface area contributed by atoms with Crippen LogP contribution in [0.4, 0.5) is 13.2 Å². The van der Waals surface area contributed by atoms with E-state index in [0.717, 1.165) is 4.57 Å². The van der Waals surface area contributed by atoms with E-state index in [2.05, 4.69) is 4.98 Å². The van der Waals surface area contributed by atoms with Crippen LogP contribution in [0.15, 0.2) is 0 Å². The summed E-state index contributed by atoms with van der Waals surface area (Å²) in [5.74, 6) is 0.451. The summed E-state index contributed by atoms with van der Waals surface area (Å²) in [7, 11) is 1.41. The Morgan fingerprint density at radius 3 is 1.80 bits per heavy atom. The first kappa shape index (κ1) is 12.1. The molecular weight excluding hydrogens is 205 g/mol. The molecular formula is C10H15F3N2. The Morgan fingerprint density at radius 2 is 1.60 bits per heavy atom. The van der Waals surface area contributed by atoms with E-state index in [1.54, 1.807) is 0 Å². The highest BCUT2D eigenvalue weighted by atomic mass is 19.4. The van der Waals surface area contributed by atoms with Crippen LogP contribution in [-0.2, 0) is 18.6 Å². The number of halogens is 3. The van der Waals surface area contributed by atoms with E-state index in [1.807, 2.05) is 20.8 Å². The van der Waals surface area contributed by atoms with E-state index >= 15 is 0 Å². The van der Waals surface area contributed by atoms with Crippen LogP contribution in [0.3, 0.4) is 0 Å². The van der Waals surface area contributed by atoms with Crippen molar-refractivity contribution in [2.75, 3.05) is 0 Å². The minimum absolute atomic E-state index is 0.0370. The van der Waals surface area contributed by atoms with Crippen molar-refractivity contribution in [2.45, 2.75) is 39.3 Å². The molecule has 0 spiro atoms. The summed E-state index contributed by atoms with van der Waals surface area (Å²) in [6, 6.07) is 0. The summed E-state index contributed by atoms with van der Waals surface area (Å²) < 4.78 is 39.1. The van der Waals surface area contributed by atoms with Crippen LogP contribution in [-0.4, -0.2) is 9.55 Å². The van der Waals surface area contributed by atoms with Gasteiger partial charge in [0.25, 0.3) is 0 Å². The Kier molecular flexibility index (Phi) is 2.62. The minimum atomic E-state index is -4.34. The van der Waals surface area contributed by atoms with Gasteiger partial charge >= 0.3 is 6.18 Å². The SMILES string of the molecule is Cc1nc(C(C)(C)C)n(C)c1C(F)(F)F. The van der Waals surface area contributed by atoms with E-state index in [0.29, 0.717) is 5.82 Å². The van der Waals surface area contributed by atoms with Gasteiger partial charge in [0.05, 0.1) is 5.69 Å². The first-order valence-corrected chi connectivity index (χ1v) is 4.66. The molecule has 0 saturated heterocycles. The largest absolute Gasteiger partial charge is 0.433 e. The second kappa shape index (κ2) is 3.25. The van der Waals surface area contributed by atoms with Gasteiger partial charge in [-0.1, -0.05) is 20.8 Å². The van der Waals surface area contributed by atoms with E-state index < -0.39 is 11.9 Å². The number of aromatic nitrogens is 2. The van der Waals surface area contributed by atoms with Gasteiger partial charge < -0.3 is 4.57 Å². The zero-order valence-electron chi connectivity index (χ0n) is 9.53. The average Bonchev–Trinajstić information content (AvgIpc) is 2.22. The summed E-state index contributed by atoms with van der Waals surface area (Å²) in [6.07, 6.45) is -4.34. The molecule has 0 fully saturated rings. The molecule has 0 N–H and O–H groups in total. The second-order valence-electron chi connectivity index (χ2n) is 4.68. The molecule has 0 bridgehead atoms. The summed E-state index contributed by atoms with van der Waals surface area (Å²) in [5.41, 5.74) is -1.01. The van der Waals surface area contributed by atoms with E-state index in [-0.39, 0.29) is 11.1 Å². The molecule has 0 saturated carbocycles. The normalized spacial score (nSPS) is 13.3. The Hall–Kier alpha value is -1.00. The average molecular weight is 220 g/mol. The van der Waals surface area contributed by atoms with E-state index in [4.69, 9.17) is 0 Å². The van der Waals surface area contributed by atoms with Crippen molar-refractivity contribution in [1.82, 2.24) is 9.55 Å². The van der Waals surface area contributed by atoms with Crippen LogP contribution in [0.5, 0.6) is 0 Å². The highest BCUT2D eigenvalue weighted by Crippen LogP contribution is 2.34. The molecule has 0 aliphatic heterocycles. The number of alkyl halides is 3. The molecule has 0 radical (unpaired) electrons. The van der Waals surface area contributed by atoms with Crippen molar-refractivity contribution in [3.63, 3.8) is 0 Å². The van der Waals surface area contributed by atoms with Gasteiger partial charge in [0.2, 0.25) is 0 Å². The molecule has 5 heteroatoms. The Bertz CT molecular complexity index is 369. The molecule has 1 heterocycles. The zero-order chi connectivity index (χ0) is 12.0. The Balaban J connectivity index is 3.41. The molecule has 2 nitrogen and oxygen atoms in total. The Labute approximate surface area is 87.1 Å². The van der Waals surface area contributed by atoms with Crippen molar-refractivity contribution in [3.8, 4) is 0 Å². The van der Waals surface area contributed by atoms with Crippen molar-refractivity contribution >= 4 is 0 Å². The monoisotopic (exact) mass is 220 g/mol. The lowest BCUT2D eigenvalue weighted by molar-refractivity contribution is -0.143. The van der Waals surface area contributed by atoms with Crippen molar-refractivity contribution in [2.24, 2.45) is 7.05 Å². The summed E-state index contributed by atoms with van der Waals surface area (Å²) in [5, 5.41) is 0. The quantitative estimate of drug-likeness (QED) is 0.657. The van der Waals surface area contributed by atoms with Gasteiger partial charge in [-0.3, -0.25) is 0 Å². The maximum absolute atomic E-state index is 12.7. The van der Waals surface area contributed by atoms with Crippen LogP contribution in [0.25, 0.3) is 0 Å². The molecule has 15 heavy (non-hydrogen) atoms. The lowest BCUT2D eigenvalue weighted by Crippen LogP contribution is -2.20. The van der Waals surface area contributed by atoms with Crippen molar-refractivity contribution < 1.29 is 13.2 Å². The predicted molar refractivity (Wildman–Crippen MR) is 51.6 cm³/mol. The molecule has 86 valence electrons. The first-order chi connectivity index (χ1) is 6.55. The first-order valence-electron chi connectivity index (χ1n) is 4.66. The van der Waals surface area contributed by atoms with Crippen LogP contribution in [0.2, 0.25) is 0 Å². The summed E-state index contributed by atoms with van der Waals surface area (Å²) >= 11 is 0. The fourth-order valence-electron chi connectivity index (χ4n) is 1.70. The van der Waals surface area contributed by atoms with E-state index in [9.17, 15) is 13.2 Å². The second-order valence-corrected chi connectivity index (χ2v) is 4.68. The highest BCUT2D eigenvalue weighted by molar-refractivity contribution is 5.22. The third-order valence-corrected chi connectivity index (χ3v) is 2.21. The minimum Gasteiger partial charge on any atom is -0.327 e. The van der Waals surface area contributed by atoms with Gasteiger partial charge in [0.1, 0.15) is 11.5 Å². The fraction of sp³-hybridized carbons (Fsp3) is 0.700. The number of hydrogen-bond acceptors (Lipinski definition) is 1. The smallest absolute Gasteiger partial charge is 0.327 e. The van der Waals surface area contributed by atoms with Gasteiger partial charge in [0.15, 0.2) is 0 Å².